The number of nitrogens with zero attached hydrogens (tertiary/aromatic N) is 3. The van der Waals surface area contributed by atoms with Gasteiger partial charge in [-0.1, -0.05) is 13.8 Å². The maximum Gasteiger partial charge on any atom is 0.339 e. The molecule has 0 bridgehead atoms. The molecule has 3 aromatic rings. The van der Waals surface area contributed by atoms with Crippen molar-refractivity contribution in [2.24, 2.45) is 0 Å². The van der Waals surface area contributed by atoms with Crippen LogP contribution in [0.15, 0.2) is 40.8 Å². The van der Waals surface area contributed by atoms with E-state index in [0.717, 1.165) is 10.6 Å². The molecular formula is C25H32N4O3S. The predicted octanol–water partition coefficient (Wildman–Crippen LogP) is 4.96. The summed E-state index contributed by atoms with van der Waals surface area (Å²) in [7, 11) is 0. The van der Waals surface area contributed by atoms with Gasteiger partial charge in [0.1, 0.15) is 11.6 Å². The number of esters is 1. The van der Waals surface area contributed by atoms with E-state index >= 15 is 0 Å². The SMILES string of the molecule is CC(C)c1[nH]c(=O)c(-c2csc(-c3ccncc3)n2)cc1C(=O)OCCN(C(C)C)C(C)C. The molecule has 0 aliphatic carbocycles. The van der Waals surface area contributed by atoms with Crippen molar-refractivity contribution in [3.05, 3.63) is 57.6 Å². The van der Waals surface area contributed by atoms with Crippen LogP contribution in [0.4, 0.5) is 0 Å². The molecule has 0 saturated heterocycles. The second kappa shape index (κ2) is 10.9. The summed E-state index contributed by atoms with van der Waals surface area (Å²) in [6, 6.07) is 6.07. The van der Waals surface area contributed by atoms with Gasteiger partial charge in [-0.3, -0.25) is 14.7 Å². The van der Waals surface area contributed by atoms with E-state index in [2.05, 4.69) is 47.5 Å². The molecule has 0 aromatic carbocycles. The quantitative estimate of drug-likeness (QED) is 0.447. The lowest BCUT2D eigenvalue weighted by Gasteiger charge is -2.30. The molecule has 3 aromatic heterocycles. The first-order valence-electron chi connectivity index (χ1n) is 11.2. The summed E-state index contributed by atoms with van der Waals surface area (Å²) in [6.07, 6.45) is 3.41. The van der Waals surface area contributed by atoms with Crippen molar-refractivity contribution in [1.82, 2.24) is 19.9 Å². The third kappa shape index (κ3) is 5.94. The van der Waals surface area contributed by atoms with E-state index in [4.69, 9.17) is 4.74 Å². The van der Waals surface area contributed by atoms with Gasteiger partial charge >= 0.3 is 5.97 Å². The Balaban J connectivity index is 1.88. The Labute approximate surface area is 198 Å². The number of hydrogen-bond acceptors (Lipinski definition) is 7. The van der Waals surface area contributed by atoms with Gasteiger partial charge < -0.3 is 9.72 Å². The lowest BCUT2D eigenvalue weighted by molar-refractivity contribution is 0.0415. The van der Waals surface area contributed by atoms with Crippen LogP contribution in [-0.2, 0) is 4.74 Å². The highest BCUT2D eigenvalue weighted by Gasteiger charge is 2.21. The summed E-state index contributed by atoms with van der Waals surface area (Å²) < 4.78 is 5.63. The molecule has 33 heavy (non-hydrogen) atoms. The van der Waals surface area contributed by atoms with Gasteiger partial charge in [0, 0.05) is 47.7 Å². The summed E-state index contributed by atoms with van der Waals surface area (Å²) in [4.78, 5) is 39.7. The molecule has 3 rings (SSSR count). The van der Waals surface area contributed by atoms with Gasteiger partial charge in [0.15, 0.2) is 0 Å². The van der Waals surface area contributed by atoms with E-state index in [1.807, 2.05) is 31.4 Å². The smallest absolute Gasteiger partial charge is 0.339 e. The number of carbonyl (C=O) groups is 1. The number of aromatic nitrogens is 3. The number of pyridine rings is 2. The van der Waals surface area contributed by atoms with Crippen LogP contribution in [0.5, 0.6) is 0 Å². The number of hydrogen-bond donors (Lipinski definition) is 1. The van der Waals surface area contributed by atoms with Crippen LogP contribution < -0.4 is 5.56 Å². The van der Waals surface area contributed by atoms with Crippen LogP contribution in [-0.4, -0.2) is 51.1 Å². The van der Waals surface area contributed by atoms with Crippen LogP contribution in [0.3, 0.4) is 0 Å². The number of H-pyrrole nitrogens is 1. The Hall–Kier alpha value is -2.84. The Bertz CT molecular complexity index is 1130. The van der Waals surface area contributed by atoms with Gasteiger partial charge in [0.2, 0.25) is 0 Å². The summed E-state index contributed by atoms with van der Waals surface area (Å²) in [5.41, 5.74) is 2.49. The van der Waals surface area contributed by atoms with Gasteiger partial charge in [-0.05, 0) is 51.8 Å². The van der Waals surface area contributed by atoms with E-state index in [9.17, 15) is 9.59 Å². The summed E-state index contributed by atoms with van der Waals surface area (Å²) in [5.74, 6) is -0.479. The zero-order chi connectivity index (χ0) is 24.1. The van der Waals surface area contributed by atoms with Gasteiger partial charge in [-0.15, -0.1) is 11.3 Å². The highest BCUT2D eigenvalue weighted by atomic mass is 32.1. The molecule has 0 unspecified atom stereocenters. The van der Waals surface area contributed by atoms with Crippen molar-refractivity contribution in [3.63, 3.8) is 0 Å². The normalized spacial score (nSPS) is 11.7. The van der Waals surface area contributed by atoms with E-state index in [0.29, 0.717) is 41.1 Å². The number of rotatable bonds is 9. The molecule has 0 spiro atoms. The average Bonchev–Trinajstić information content (AvgIpc) is 3.26. The molecule has 8 heteroatoms. The van der Waals surface area contributed by atoms with E-state index in [-0.39, 0.29) is 18.1 Å². The van der Waals surface area contributed by atoms with Crippen LogP contribution in [0, 0.1) is 0 Å². The fraction of sp³-hybridized carbons (Fsp3) is 0.440. The molecule has 1 N–H and O–H groups in total. The van der Waals surface area contributed by atoms with Crippen molar-refractivity contribution in [3.8, 4) is 21.8 Å². The molecule has 0 atom stereocenters. The van der Waals surface area contributed by atoms with Crippen molar-refractivity contribution in [2.75, 3.05) is 13.2 Å². The third-order valence-electron chi connectivity index (χ3n) is 5.49. The maximum absolute atomic E-state index is 13.0. The minimum Gasteiger partial charge on any atom is -0.461 e. The molecule has 0 aliphatic heterocycles. The monoisotopic (exact) mass is 468 g/mol. The number of aromatic amines is 1. The number of ether oxygens (including phenoxy) is 1. The van der Waals surface area contributed by atoms with E-state index in [1.54, 1.807) is 18.5 Å². The molecule has 0 fully saturated rings. The minimum atomic E-state index is -0.437. The summed E-state index contributed by atoms with van der Waals surface area (Å²) >= 11 is 1.44. The molecule has 176 valence electrons. The molecule has 0 radical (unpaired) electrons. The third-order valence-corrected chi connectivity index (χ3v) is 6.38. The van der Waals surface area contributed by atoms with Crippen molar-refractivity contribution in [1.29, 1.82) is 0 Å². The van der Waals surface area contributed by atoms with Crippen molar-refractivity contribution >= 4 is 17.3 Å². The lowest BCUT2D eigenvalue weighted by atomic mass is 10.0. The second-order valence-corrected chi connectivity index (χ2v) is 9.69. The molecular weight excluding hydrogens is 436 g/mol. The molecule has 3 heterocycles. The number of thiazole rings is 1. The zero-order valence-corrected chi connectivity index (χ0v) is 20.9. The van der Waals surface area contributed by atoms with Gasteiger partial charge in [0.25, 0.3) is 5.56 Å². The topological polar surface area (TPSA) is 88.2 Å². The van der Waals surface area contributed by atoms with Gasteiger partial charge in [-0.2, -0.15) is 0 Å². The highest BCUT2D eigenvalue weighted by Crippen LogP contribution is 2.28. The van der Waals surface area contributed by atoms with Crippen LogP contribution >= 0.6 is 11.3 Å². The summed E-state index contributed by atoms with van der Waals surface area (Å²) in [5, 5.41) is 2.61. The minimum absolute atomic E-state index is 0.0417. The molecule has 0 amide bonds. The van der Waals surface area contributed by atoms with Gasteiger partial charge in [-0.25, -0.2) is 9.78 Å². The summed E-state index contributed by atoms with van der Waals surface area (Å²) in [6.45, 7) is 13.3. The first-order valence-corrected chi connectivity index (χ1v) is 12.1. The molecule has 0 saturated carbocycles. The van der Waals surface area contributed by atoms with Crippen molar-refractivity contribution in [2.45, 2.75) is 59.5 Å². The highest BCUT2D eigenvalue weighted by molar-refractivity contribution is 7.13. The first-order chi connectivity index (χ1) is 15.7. The molecule has 7 nitrogen and oxygen atoms in total. The average molecular weight is 469 g/mol. The van der Waals surface area contributed by atoms with Crippen LogP contribution in [0.2, 0.25) is 0 Å². The van der Waals surface area contributed by atoms with Crippen LogP contribution in [0.25, 0.3) is 21.8 Å². The second-order valence-electron chi connectivity index (χ2n) is 8.83. The number of nitrogens with one attached hydrogen (secondary N) is 1. The van der Waals surface area contributed by atoms with Gasteiger partial charge in [0.05, 0.1) is 16.8 Å². The maximum atomic E-state index is 13.0. The predicted molar refractivity (Wildman–Crippen MR) is 133 cm³/mol. The first kappa shape index (κ1) is 24.8. The Morgan fingerprint density at radius 3 is 2.39 bits per heavy atom. The Kier molecular flexibility index (Phi) is 8.15. The van der Waals surface area contributed by atoms with E-state index < -0.39 is 5.97 Å². The Morgan fingerprint density at radius 1 is 1.12 bits per heavy atom. The lowest BCUT2D eigenvalue weighted by Crippen LogP contribution is -2.39. The fourth-order valence-electron chi connectivity index (χ4n) is 3.82. The standard InChI is InChI=1S/C25H32N4O3S/c1-15(2)22-20(25(31)32-12-11-29(16(3)4)17(5)6)13-19(23(30)28-22)21-14-33-24(27-21)18-7-9-26-10-8-18/h7-10,13-17H,11-12H2,1-6H3,(H,28,30). The Morgan fingerprint density at radius 2 is 1.79 bits per heavy atom. The largest absolute Gasteiger partial charge is 0.461 e. The zero-order valence-electron chi connectivity index (χ0n) is 20.1. The van der Waals surface area contributed by atoms with Crippen molar-refractivity contribution < 1.29 is 9.53 Å². The van der Waals surface area contributed by atoms with Crippen LogP contribution in [0.1, 0.15) is 63.5 Å². The fourth-order valence-corrected chi connectivity index (χ4v) is 4.64. The number of carbonyl (C=O) groups excluding carboxylic acids is 1. The molecule has 0 aliphatic rings. The van der Waals surface area contributed by atoms with E-state index in [1.165, 1.54) is 11.3 Å².